The van der Waals surface area contributed by atoms with E-state index in [4.69, 9.17) is 16.7 Å². The molecule has 0 spiro atoms. The average Bonchev–Trinajstić information content (AvgIpc) is 2.34. The van der Waals surface area contributed by atoms with Gasteiger partial charge in [0.1, 0.15) is 6.10 Å². The van der Waals surface area contributed by atoms with Gasteiger partial charge in [-0.2, -0.15) is 13.2 Å². The van der Waals surface area contributed by atoms with Crippen molar-refractivity contribution >= 4 is 21.6 Å². The molecule has 0 saturated heterocycles. The first-order valence-corrected chi connectivity index (χ1v) is 7.14. The third-order valence-electron chi connectivity index (χ3n) is 2.31. The van der Waals surface area contributed by atoms with Gasteiger partial charge in [-0.15, -0.1) is 0 Å². The van der Waals surface area contributed by atoms with Gasteiger partial charge in [-0.3, -0.25) is 0 Å². The molecule has 21 heavy (non-hydrogen) atoms. The maximum atomic E-state index is 12.8. The molecule has 4 nitrogen and oxygen atoms in total. The minimum atomic E-state index is -5.00. The fourth-order valence-electron chi connectivity index (χ4n) is 1.32. The molecule has 1 atom stereocenters. The number of halogens is 6. The molecule has 120 valence electrons. The van der Waals surface area contributed by atoms with Crippen LogP contribution >= 0.6 is 11.6 Å². The molecule has 1 rings (SSSR count). The van der Waals surface area contributed by atoms with E-state index in [-0.39, 0.29) is 5.02 Å². The topological polar surface area (TPSA) is 66.4 Å². The zero-order valence-electron chi connectivity index (χ0n) is 10.0. The summed E-state index contributed by atoms with van der Waals surface area (Å²) in [6.45, 7) is -1.13. The van der Waals surface area contributed by atoms with Crippen LogP contribution in [0.25, 0.3) is 0 Å². The van der Waals surface area contributed by atoms with E-state index in [1.54, 1.807) is 0 Å². The van der Waals surface area contributed by atoms with Crippen molar-refractivity contribution in [3.8, 4) is 0 Å². The smallest absolute Gasteiger partial charge is 0.386 e. The van der Waals surface area contributed by atoms with E-state index in [9.17, 15) is 30.4 Å². The maximum Gasteiger partial charge on any atom is 0.417 e. The summed E-state index contributed by atoms with van der Waals surface area (Å²) in [5, 5.41) is 8.45. The van der Waals surface area contributed by atoms with E-state index in [1.165, 1.54) is 4.72 Å². The molecule has 1 unspecified atom stereocenters. The molecule has 0 aliphatic rings. The molecule has 1 aromatic rings. The molecule has 1 aromatic carbocycles. The van der Waals surface area contributed by atoms with Crippen molar-refractivity contribution in [3.63, 3.8) is 0 Å². The summed E-state index contributed by atoms with van der Waals surface area (Å²) in [7, 11) is -4.74. The van der Waals surface area contributed by atoms with Gasteiger partial charge in [0.2, 0.25) is 10.0 Å². The Kier molecular flexibility index (Phi) is 5.53. The second-order valence-electron chi connectivity index (χ2n) is 3.89. The van der Waals surface area contributed by atoms with Gasteiger partial charge in [0.15, 0.2) is 0 Å². The van der Waals surface area contributed by atoms with Crippen LogP contribution in [0, 0.1) is 0 Å². The number of hydrogen-bond donors (Lipinski definition) is 2. The second kappa shape index (κ2) is 6.42. The quantitative estimate of drug-likeness (QED) is 0.798. The monoisotopic (exact) mass is 353 g/mol. The van der Waals surface area contributed by atoms with Crippen LogP contribution in [0.4, 0.5) is 22.0 Å². The van der Waals surface area contributed by atoms with E-state index in [0.29, 0.717) is 12.1 Å². The molecule has 0 fully saturated rings. The predicted molar refractivity (Wildman–Crippen MR) is 63.7 cm³/mol. The van der Waals surface area contributed by atoms with Crippen LogP contribution in [-0.2, 0) is 16.2 Å². The largest absolute Gasteiger partial charge is 0.417 e. The molecule has 0 aromatic heterocycles. The maximum absolute atomic E-state index is 12.8. The molecule has 0 saturated carbocycles. The molecule has 0 heterocycles. The van der Waals surface area contributed by atoms with Gasteiger partial charge in [-0.05, 0) is 18.2 Å². The van der Waals surface area contributed by atoms with Crippen LogP contribution in [0.2, 0.25) is 5.02 Å². The van der Waals surface area contributed by atoms with Crippen molar-refractivity contribution in [2.45, 2.75) is 23.6 Å². The number of hydrogen-bond acceptors (Lipinski definition) is 3. The molecule has 0 amide bonds. The predicted octanol–water partition coefficient (Wildman–Crippen LogP) is 2.26. The highest BCUT2D eigenvalue weighted by molar-refractivity contribution is 7.89. The van der Waals surface area contributed by atoms with Crippen molar-refractivity contribution in [2.75, 3.05) is 6.54 Å². The number of aliphatic hydroxyl groups excluding tert-OH is 1. The van der Waals surface area contributed by atoms with Crippen LogP contribution < -0.4 is 4.72 Å². The van der Waals surface area contributed by atoms with Gasteiger partial charge in [0.05, 0.1) is 10.5 Å². The molecular weight excluding hydrogens is 345 g/mol. The molecule has 0 aliphatic carbocycles. The summed E-state index contributed by atoms with van der Waals surface area (Å²) in [5.74, 6) is 0. The average molecular weight is 354 g/mol. The molecule has 2 N–H and O–H groups in total. The van der Waals surface area contributed by atoms with Gasteiger partial charge >= 0.3 is 6.18 Å². The Morgan fingerprint density at radius 3 is 2.33 bits per heavy atom. The first-order chi connectivity index (χ1) is 9.45. The van der Waals surface area contributed by atoms with Crippen LogP contribution in [0.15, 0.2) is 23.1 Å². The number of alkyl halides is 5. The minimum Gasteiger partial charge on any atom is -0.386 e. The number of sulfonamides is 1. The van der Waals surface area contributed by atoms with Crippen molar-refractivity contribution in [1.29, 1.82) is 0 Å². The Labute approximate surface area is 121 Å². The molecule has 11 heteroatoms. The van der Waals surface area contributed by atoms with Crippen molar-refractivity contribution in [1.82, 2.24) is 4.72 Å². The molecule has 0 radical (unpaired) electrons. The number of aliphatic hydroxyl groups is 1. The van der Waals surface area contributed by atoms with E-state index < -0.39 is 45.7 Å². The lowest BCUT2D eigenvalue weighted by Crippen LogP contribution is -2.36. The summed E-state index contributed by atoms with van der Waals surface area (Å²) >= 11 is 5.39. The van der Waals surface area contributed by atoms with Crippen molar-refractivity contribution < 1.29 is 35.5 Å². The van der Waals surface area contributed by atoms with Gasteiger partial charge in [-0.25, -0.2) is 21.9 Å². The summed E-state index contributed by atoms with van der Waals surface area (Å²) in [5.41, 5.74) is -1.53. The summed E-state index contributed by atoms with van der Waals surface area (Å²) in [6.07, 6.45) is -10.6. The number of nitrogens with one attached hydrogen (secondary N) is 1. The third kappa shape index (κ3) is 4.77. The van der Waals surface area contributed by atoms with E-state index in [0.717, 1.165) is 6.07 Å². The van der Waals surface area contributed by atoms with E-state index in [2.05, 4.69) is 0 Å². The fourth-order valence-corrected chi connectivity index (χ4v) is 2.75. The zero-order chi connectivity index (χ0) is 16.4. The van der Waals surface area contributed by atoms with Gasteiger partial charge in [0, 0.05) is 11.6 Å². The SMILES string of the molecule is O=S(=O)(NCC(O)C(F)F)c1ccc(Cl)cc1C(F)(F)F. The first kappa shape index (κ1) is 18.1. The van der Waals surface area contributed by atoms with E-state index in [1.807, 2.05) is 0 Å². The standard InChI is InChI=1S/C10H9ClF5NO3S/c11-5-1-2-8(6(3-5)10(14,15)16)21(19,20)17-4-7(18)9(12)13/h1-3,7,9,17-18H,4H2. The zero-order valence-corrected chi connectivity index (χ0v) is 11.6. The van der Waals surface area contributed by atoms with Crippen LogP contribution in [-0.4, -0.2) is 32.6 Å². The molecular formula is C10H9ClF5NO3S. The van der Waals surface area contributed by atoms with Crippen LogP contribution in [0.5, 0.6) is 0 Å². The summed E-state index contributed by atoms with van der Waals surface area (Å²) < 4.78 is 87.3. The Balaban J connectivity index is 3.15. The Morgan fingerprint density at radius 1 is 1.29 bits per heavy atom. The number of benzene rings is 1. The Hall–Kier alpha value is -0.970. The second-order valence-corrected chi connectivity index (χ2v) is 6.06. The van der Waals surface area contributed by atoms with Crippen molar-refractivity contribution in [2.24, 2.45) is 0 Å². The first-order valence-electron chi connectivity index (χ1n) is 5.28. The minimum absolute atomic E-state index is 0.339. The number of rotatable bonds is 5. The molecule has 0 bridgehead atoms. The van der Waals surface area contributed by atoms with Crippen molar-refractivity contribution in [3.05, 3.63) is 28.8 Å². The van der Waals surface area contributed by atoms with Crippen LogP contribution in [0.1, 0.15) is 5.56 Å². The third-order valence-corrected chi connectivity index (χ3v) is 4.03. The lowest BCUT2D eigenvalue weighted by atomic mass is 10.2. The highest BCUT2D eigenvalue weighted by Crippen LogP contribution is 2.35. The van der Waals surface area contributed by atoms with Crippen LogP contribution in [0.3, 0.4) is 0 Å². The van der Waals surface area contributed by atoms with Gasteiger partial charge < -0.3 is 5.11 Å². The van der Waals surface area contributed by atoms with Gasteiger partial charge in [0.25, 0.3) is 6.43 Å². The lowest BCUT2D eigenvalue weighted by molar-refractivity contribution is -0.139. The highest BCUT2D eigenvalue weighted by atomic mass is 35.5. The summed E-state index contributed by atoms with van der Waals surface area (Å²) in [4.78, 5) is -1.17. The Bertz CT molecular complexity index is 605. The van der Waals surface area contributed by atoms with Gasteiger partial charge in [-0.1, -0.05) is 11.6 Å². The summed E-state index contributed by atoms with van der Waals surface area (Å²) in [6, 6.07) is 1.91. The normalized spacial score (nSPS) is 14.5. The molecule has 0 aliphatic heterocycles. The lowest BCUT2D eigenvalue weighted by Gasteiger charge is -2.15. The Morgan fingerprint density at radius 2 is 1.86 bits per heavy atom. The highest BCUT2D eigenvalue weighted by Gasteiger charge is 2.37. The fraction of sp³-hybridized carbons (Fsp3) is 0.400. The van der Waals surface area contributed by atoms with E-state index >= 15 is 0 Å².